The molecule has 2 aromatic carbocycles. The number of alkyl halides is 3. The minimum absolute atomic E-state index is 0.00508. The van der Waals surface area contributed by atoms with Gasteiger partial charge in [-0.15, -0.1) is 11.3 Å². The van der Waals surface area contributed by atoms with Gasteiger partial charge in [0.1, 0.15) is 12.4 Å². The van der Waals surface area contributed by atoms with Crippen molar-refractivity contribution in [3.05, 3.63) is 76.3 Å². The molecule has 32 heavy (non-hydrogen) atoms. The van der Waals surface area contributed by atoms with E-state index >= 15 is 0 Å². The van der Waals surface area contributed by atoms with Gasteiger partial charge in [-0.25, -0.2) is 4.98 Å². The normalized spacial score (nSPS) is 11.5. The second-order valence-electron chi connectivity index (χ2n) is 6.56. The Labute approximate surface area is 186 Å². The number of anilines is 1. The number of carbonyl (C=O) groups is 1. The van der Waals surface area contributed by atoms with Gasteiger partial charge in [-0.05, 0) is 42.3 Å². The van der Waals surface area contributed by atoms with E-state index in [4.69, 9.17) is 9.47 Å². The maximum absolute atomic E-state index is 12.8. The summed E-state index contributed by atoms with van der Waals surface area (Å²) in [5, 5.41) is 6.39. The van der Waals surface area contributed by atoms with Gasteiger partial charge >= 0.3 is 12.1 Å². The average molecular weight is 463 g/mol. The molecule has 1 heterocycles. The van der Waals surface area contributed by atoms with E-state index in [9.17, 15) is 18.0 Å². The van der Waals surface area contributed by atoms with E-state index in [0.29, 0.717) is 28.7 Å². The molecule has 10 heteroatoms. The molecular formula is C22H20F3N3O3S. The SMILES string of the molecule is CCOC(=O)Cc1csc(NN=Cc2cccc(OCc3cccc(C(F)(F)F)c3)c2)n1. The average Bonchev–Trinajstić information content (AvgIpc) is 3.19. The first kappa shape index (κ1) is 23.3. The number of aromatic nitrogens is 1. The highest BCUT2D eigenvalue weighted by molar-refractivity contribution is 7.13. The molecule has 0 atom stereocenters. The molecule has 0 spiro atoms. The van der Waals surface area contributed by atoms with Crippen molar-refractivity contribution in [2.45, 2.75) is 26.1 Å². The van der Waals surface area contributed by atoms with E-state index in [-0.39, 0.29) is 19.0 Å². The Balaban J connectivity index is 1.54. The van der Waals surface area contributed by atoms with Crippen LogP contribution in [0.15, 0.2) is 59.0 Å². The van der Waals surface area contributed by atoms with Gasteiger partial charge in [0, 0.05) is 5.38 Å². The Hall–Kier alpha value is -3.40. The summed E-state index contributed by atoms with van der Waals surface area (Å²) in [6.07, 6.45) is -2.74. The van der Waals surface area contributed by atoms with Crippen LogP contribution in [0.5, 0.6) is 5.75 Å². The molecule has 0 aliphatic heterocycles. The maximum Gasteiger partial charge on any atom is 0.416 e. The fourth-order valence-corrected chi connectivity index (χ4v) is 3.31. The topological polar surface area (TPSA) is 72.8 Å². The van der Waals surface area contributed by atoms with Crippen LogP contribution >= 0.6 is 11.3 Å². The summed E-state index contributed by atoms with van der Waals surface area (Å²) in [6, 6.07) is 12.0. The van der Waals surface area contributed by atoms with Gasteiger partial charge in [-0.2, -0.15) is 18.3 Å². The zero-order chi connectivity index (χ0) is 23.0. The molecule has 1 aromatic heterocycles. The Morgan fingerprint density at radius 1 is 1.22 bits per heavy atom. The first-order valence-corrected chi connectivity index (χ1v) is 10.5. The number of halogens is 3. The van der Waals surface area contributed by atoms with Crippen LogP contribution < -0.4 is 10.2 Å². The lowest BCUT2D eigenvalue weighted by Gasteiger charge is -2.10. The van der Waals surface area contributed by atoms with Crippen molar-refractivity contribution in [2.75, 3.05) is 12.0 Å². The van der Waals surface area contributed by atoms with E-state index in [2.05, 4.69) is 15.5 Å². The van der Waals surface area contributed by atoms with Gasteiger partial charge in [0.15, 0.2) is 0 Å². The Morgan fingerprint density at radius 3 is 2.81 bits per heavy atom. The highest BCUT2D eigenvalue weighted by atomic mass is 32.1. The van der Waals surface area contributed by atoms with E-state index < -0.39 is 11.7 Å². The van der Waals surface area contributed by atoms with Crippen LogP contribution in [0, 0.1) is 0 Å². The minimum Gasteiger partial charge on any atom is -0.489 e. The summed E-state index contributed by atoms with van der Waals surface area (Å²) in [4.78, 5) is 15.7. The summed E-state index contributed by atoms with van der Waals surface area (Å²) in [7, 11) is 0. The van der Waals surface area contributed by atoms with Crippen LogP contribution in [0.2, 0.25) is 0 Å². The van der Waals surface area contributed by atoms with Gasteiger partial charge in [-0.1, -0.05) is 24.3 Å². The molecule has 6 nitrogen and oxygen atoms in total. The summed E-state index contributed by atoms with van der Waals surface area (Å²) in [5.74, 6) is 0.159. The number of benzene rings is 2. The zero-order valence-electron chi connectivity index (χ0n) is 17.1. The monoisotopic (exact) mass is 463 g/mol. The number of carbonyl (C=O) groups excluding carboxylic acids is 1. The van der Waals surface area contributed by atoms with Gasteiger partial charge in [0.25, 0.3) is 0 Å². The molecule has 0 aliphatic rings. The van der Waals surface area contributed by atoms with Crippen LogP contribution in [0.3, 0.4) is 0 Å². The van der Waals surface area contributed by atoms with Crippen LogP contribution in [0.25, 0.3) is 0 Å². The number of rotatable bonds is 9. The summed E-state index contributed by atoms with van der Waals surface area (Å²) < 4.78 is 49.0. The molecule has 0 bridgehead atoms. The van der Waals surface area contributed by atoms with Crippen LogP contribution in [-0.4, -0.2) is 23.8 Å². The maximum atomic E-state index is 12.8. The molecule has 0 saturated carbocycles. The molecule has 0 amide bonds. The van der Waals surface area contributed by atoms with E-state index in [1.165, 1.54) is 17.4 Å². The lowest BCUT2D eigenvalue weighted by atomic mass is 10.1. The minimum atomic E-state index is -4.39. The largest absolute Gasteiger partial charge is 0.489 e. The highest BCUT2D eigenvalue weighted by Crippen LogP contribution is 2.29. The second-order valence-corrected chi connectivity index (χ2v) is 7.41. The number of thiazole rings is 1. The smallest absolute Gasteiger partial charge is 0.416 e. The molecule has 0 radical (unpaired) electrons. The molecule has 0 unspecified atom stereocenters. The Kier molecular flexibility index (Phi) is 7.82. The number of ether oxygens (including phenoxy) is 2. The van der Waals surface area contributed by atoms with Gasteiger partial charge < -0.3 is 9.47 Å². The lowest BCUT2D eigenvalue weighted by molar-refractivity contribution is -0.142. The molecule has 0 saturated heterocycles. The standard InChI is InChI=1S/C22H20F3N3O3S/c1-2-30-20(29)11-18-14-32-21(27-18)28-26-12-15-5-4-8-19(10-15)31-13-16-6-3-7-17(9-16)22(23,24)25/h3-10,12,14H,2,11,13H2,1H3,(H,27,28). The van der Waals surface area contributed by atoms with Crippen molar-refractivity contribution in [2.24, 2.45) is 5.10 Å². The molecule has 0 fully saturated rings. The number of esters is 1. The lowest BCUT2D eigenvalue weighted by Crippen LogP contribution is -2.07. The van der Waals surface area contributed by atoms with Crippen molar-refractivity contribution in [3.8, 4) is 5.75 Å². The Bertz CT molecular complexity index is 1080. The van der Waals surface area contributed by atoms with Gasteiger partial charge in [-0.3, -0.25) is 10.2 Å². The first-order chi connectivity index (χ1) is 15.3. The number of nitrogens with one attached hydrogen (secondary N) is 1. The second kappa shape index (κ2) is 10.8. The molecule has 168 valence electrons. The third-order valence-corrected chi connectivity index (χ3v) is 4.87. The predicted molar refractivity (Wildman–Crippen MR) is 116 cm³/mol. The molecular weight excluding hydrogens is 443 g/mol. The first-order valence-electron chi connectivity index (χ1n) is 9.61. The predicted octanol–water partition coefficient (Wildman–Crippen LogP) is 5.29. The van der Waals surface area contributed by atoms with Crippen molar-refractivity contribution in [3.63, 3.8) is 0 Å². The number of hydrogen-bond acceptors (Lipinski definition) is 7. The molecule has 3 rings (SSSR count). The van der Waals surface area contributed by atoms with Crippen molar-refractivity contribution in [1.82, 2.24) is 4.98 Å². The van der Waals surface area contributed by atoms with Crippen molar-refractivity contribution < 1.29 is 27.4 Å². The third-order valence-electron chi connectivity index (χ3n) is 4.07. The zero-order valence-corrected chi connectivity index (χ0v) is 17.9. The summed E-state index contributed by atoms with van der Waals surface area (Å²) >= 11 is 1.31. The number of hydrazone groups is 1. The fourth-order valence-electron chi connectivity index (χ4n) is 2.65. The van der Waals surface area contributed by atoms with Gasteiger partial charge in [0.2, 0.25) is 5.13 Å². The van der Waals surface area contributed by atoms with E-state index in [1.807, 2.05) is 0 Å². The molecule has 3 aromatic rings. The van der Waals surface area contributed by atoms with Gasteiger partial charge in [0.05, 0.1) is 30.5 Å². The number of hydrogen-bond donors (Lipinski definition) is 1. The summed E-state index contributed by atoms with van der Waals surface area (Å²) in [5.41, 5.74) is 3.82. The molecule has 0 aliphatic carbocycles. The van der Waals surface area contributed by atoms with Crippen molar-refractivity contribution in [1.29, 1.82) is 0 Å². The van der Waals surface area contributed by atoms with E-state index in [0.717, 1.165) is 17.7 Å². The third kappa shape index (κ3) is 7.09. The fraction of sp³-hybridized carbons (Fsp3) is 0.227. The Morgan fingerprint density at radius 2 is 2.03 bits per heavy atom. The number of nitrogens with zero attached hydrogens (tertiary/aromatic N) is 2. The quantitative estimate of drug-likeness (QED) is 0.265. The van der Waals surface area contributed by atoms with Crippen LogP contribution in [-0.2, 0) is 28.7 Å². The molecule has 1 N–H and O–H groups in total. The van der Waals surface area contributed by atoms with Crippen molar-refractivity contribution >= 4 is 28.7 Å². The highest BCUT2D eigenvalue weighted by Gasteiger charge is 2.30. The van der Waals surface area contributed by atoms with Crippen LogP contribution in [0.4, 0.5) is 18.3 Å². The van der Waals surface area contributed by atoms with Crippen LogP contribution in [0.1, 0.15) is 29.3 Å². The van der Waals surface area contributed by atoms with E-state index in [1.54, 1.807) is 48.9 Å². The summed E-state index contributed by atoms with van der Waals surface area (Å²) in [6.45, 7) is 2.07.